The highest BCUT2D eigenvalue weighted by Crippen LogP contribution is 2.26. The first kappa shape index (κ1) is 31.5. The number of thiazole rings is 1. The summed E-state index contributed by atoms with van der Waals surface area (Å²) in [4.78, 5) is 31.4. The first-order valence-corrected chi connectivity index (χ1v) is 16.4. The lowest BCUT2D eigenvalue weighted by Crippen LogP contribution is -2.53. The van der Waals surface area contributed by atoms with Crippen molar-refractivity contribution in [2.75, 3.05) is 24.5 Å². The topological polar surface area (TPSA) is 129 Å². The Morgan fingerprint density at radius 1 is 1.14 bits per heavy atom. The van der Waals surface area contributed by atoms with Gasteiger partial charge in [-0.25, -0.2) is 22.6 Å². The first-order chi connectivity index (χ1) is 21.0. The molecule has 5 rings (SSSR count). The number of amides is 2. The Labute approximate surface area is 259 Å². The van der Waals surface area contributed by atoms with Gasteiger partial charge in [0.2, 0.25) is 10.0 Å². The first-order valence-electron chi connectivity index (χ1n) is 14.1. The molecule has 44 heavy (non-hydrogen) atoms. The minimum atomic E-state index is -4.03. The van der Waals surface area contributed by atoms with Crippen LogP contribution in [0.2, 0.25) is 0 Å². The SMILES string of the molecule is CC(C)CN(C[C@@H](O)[C@H](Cc1ccccc1)NC(=O)[C@@H]1CN(c2cccc(F)c2)C(=O)O1)S(=O)(=O)c1ccc2ncsc2c1. The number of anilines is 1. The number of aliphatic hydroxyl groups excluding tert-OH is 1. The van der Waals surface area contributed by atoms with Gasteiger partial charge in [0.05, 0.1) is 45.0 Å². The molecular weight excluding hydrogens is 607 g/mol. The van der Waals surface area contributed by atoms with E-state index in [9.17, 15) is 27.5 Å². The third-order valence-corrected chi connectivity index (χ3v) is 9.83. The Bertz CT molecular complexity index is 1730. The van der Waals surface area contributed by atoms with Gasteiger partial charge in [-0.1, -0.05) is 50.2 Å². The van der Waals surface area contributed by atoms with Gasteiger partial charge in [0, 0.05) is 13.1 Å². The van der Waals surface area contributed by atoms with Crippen molar-refractivity contribution in [3.8, 4) is 0 Å². The van der Waals surface area contributed by atoms with Gasteiger partial charge in [0.15, 0.2) is 6.10 Å². The molecule has 232 valence electrons. The summed E-state index contributed by atoms with van der Waals surface area (Å²) in [5, 5.41) is 14.3. The van der Waals surface area contributed by atoms with Crippen LogP contribution in [0.5, 0.6) is 0 Å². The van der Waals surface area contributed by atoms with Crippen LogP contribution >= 0.6 is 11.3 Å². The molecular formula is C31H33FN4O6S2. The van der Waals surface area contributed by atoms with Crippen molar-refractivity contribution in [3.63, 3.8) is 0 Å². The fourth-order valence-electron chi connectivity index (χ4n) is 5.04. The Kier molecular flexibility index (Phi) is 9.59. The molecule has 1 aromatic heterocycles. The van der Waals surface area contributed by atoms with Gasteiger partial charge in [0.1, 0.15) is 5.82 Å². The van der Waals surface area contributed by atoms with E-state index >= 15 is 0 Å². The van der Waals surface area contributed by atoms with E-state index in [0.717, 1.165) is 15.2 Å². The van der Waals surface area contributed by atoms with E-state index in [-0.39, 0.29) is 42.6 Å². The van der Waals surface area contributed by atoms with Gasteiger partial charge < -0.3 is 15.2 Å². The van der Waals surface area contributed by atoms with Crippen molar-refractivity contribution in [1.82, 2.24) is 14.6 Å². The summed E-state index contributed by atoms with van der Waals surface area (Å²) in [6.45, 7) is 3.44. The Morgan fingerprint density at radius 3 is 2.64 bits per heavy atom. The highest BCUT2D eigenvalue weighted by molar-refractivity contribution is 7.89. The number of benzene rings is 3. The molecule has 0 unspecified atom stereocenters. The molecule has 0 radical (unpaired) electrons. The zero-order valence-corrected chi connectivity index (χ0v) is 25.8. The van der Waals surface area contributed by atoms with Gasteiger partial charge in [0.25, 0.3) is 5.91 Å². The smallest absolute Gasteiger partial charge is 0.415 e. The molecule has 3 atom stereocenters. The largest absolute Gasteiger partial charge is 0.434 e. The van der Waals surface area contributed by atoms with Crippen LogP contribution in [-0.4, -0.2) is 72.7 Å². The molecule has 2 amide bonds. The van der Waals surface area contributed by atoms with Crippen molar-refractivity contribution in [3.05, 3.63) is 89.7 Å². The third kappa shape index (κ3) is 7.24. The summed E-state index contributed by atoms with van der Waals surface area (Å²) in [5.41, 5.74) is 3.39. The molecule has 1 aliphatic heterocycles. The van der Waals surface area contributed by atoms with Crippen LogP contribution in [-0.2, 0) is 26.0 Å². The monoisotopic (exact) mass is 640 g/mol. The number of hydrogen-bond acceptors (Lipinski definition) is 8. The summed E-state index contributed by atoms with van der Waals surface area (Å²) in [6, 6.07) is 18.3. The second kappa shape index (κ2) is 13.4. The Balaban J connectivity index is 1.37. The zero-order chi connectivity index (χ0) is 31.4. The maximum atomic E-state index is 13.8. The lowest BCUT2D eigenvalue weighted by molar-refractivity contribution is -0.129. The van der Waals surface area contributed by atoms with Gasteiger partial charge in [-0.05, 0) is 54.3 Å². The van der Waals surface area contributed by atoms with Crippen molar-refractivity contribution < 1.29 is 32.2 Å². The second-order valence-corrected chi connectivity index (χ2v) is 13.9. The maximum Gasteiger partial charge on any atom is 0.415 e. The van der Waals surface area contributed by atoms with Gasteiger partial charge in [-0.15, -0.1) is 11.3 Å². The lowest BCUT2D eigenvalue weighted by atomic mass is 10.0. The molecule has 0 bridgehead atoms. The average Bonchev–Trinajstić information content (AvgIpc) is 3.63. The molecule has 10 nitrogen and oxygen atoms in total. The fourth-order valence-corrected chi connectivity index (χ4v) is 7.48. The molecule has 0 spiro atoms. The number of sulfonamides is 1. The average molecular weight is 641 g/mol. The molecule has 1 saturated heterocycles. The number of rotatable bonds is 12. The quantitative estimate of drug-likeness (QED) is 0.238. The number of aliphatic hydroxyl groups is 1. The van der Waals surface area contributed by atoms with E-state index < -0.39 is 46.1 Å². The summed E-state index contributed by atoms with van der Waals surface area (Å²) < 4.78 is 48.7. The molecule has 13 heteroatoms. The van der Waals surface area contributed by atoms with Crippen molar-refractivity contribution >= 4 is 49.3 Å². The summed E-state index contributed by atoms with van der Waals surface area (Å²) >= 11 is 1.33. The molecule has 2 heterocycles. The predicted molar refractivity (Wildman–Crippen MR) is 165 cm³/mol. The van der Waals surface area contributed by atoms with Crippen LogP contribution in [0.25, 0.3) is 10.2 Å². The highest BCUT2D eigenvalue weighted by atomic mass is 32.2. The summed E-state index contributed by atoms with van der Waals surface area (Å²) in [7, 11) is -4.03. The van der Waals surface area contributed by atoms with E-state index in [2.05, 4.69) is 10.3 Å². The van der Waals surface area contributed by atoms with Crippen LogP contribution in [0.3, 0.4) is 0 Å². The van der Waals surface area contributed by atoms with E-state index in [1.165, 1.54) is 46.0 Å². The van der Waals surface area contributed by atoms with E-state index in [1.807, 2.05) is 44.2 Å². The molecule has 3 aromatic carbocycles. The number of nitrogens with one attached hydrogen (secondary N) is 1. The van der Waals surface area contributed by atoms with Crippen LogP contribution < -0.4 is 10.2 Å². The molecule has 1 aliphatic rings. The minimum Gasteiger partial charge on any atom is -0.434 e. The molecule has 4 aromatic rings. The molecule has 2 N–H and O–H groups in total. The van der Waals surface area contributed by atoms with Gasteiger partial charge >= 0.3 is 6.09 Å². The number of carbonyl (C=O) groups excluding carboxylic acids is 2. The molecule has 0 aliphatic carbocycles. The molecule has 0 saturated carbocycles. The third-order valence-electron chi connectivity index (χ3n) is 7.21. The van der Waals surface area contributed by atoms with E-state index in [4.69, 9.17) is 4.74 Å². The number of hydrogen-bond donors (Lipinski definition) is 2. The van der Waals surface area contributed by atoms with Crippen molar-refractivity contribution in [1.29, 1.82) is 0 Å². The predicted octanol–water partition coefficient (Wildman–Crippen LogP) is 4.20. The Morgan fingerprint density at radius 2 is 1.91 bits per heavy atom. The standard InChI is InChI=1S/C31H33FN4O6S2/c1-20(2)16-35(44(40,41)24-11-12-25-29(15-24)43-19-33-25)17-27(37)26(13-21-7-4-3-5-8-21)34-30(38)28-18-36(31(39)42-28)23-10-6-9-22(32)14-23/h3-12,14-15,19-20,26-28,37H,13,16-18H2,1-2H3,(H,34,38)/t26-,27+,28-/m0/s1. The zero-order valence-electron chi connectivity index (χ0n) is 24.2. The molecule has 1 fully saturated rings. The number of cyclic esters (lactones) is 1. The van der Waals surface area contributed by atoms with Gasteiger partial charge in [-0.3, -0.25) is 9.69 Å². The van der Waals surface area contributed by atoms with Crippen molar-refractivity contribution in [2.45, 2.75) is 43.4 Å². The number of fused-ring (bicyclic) bond motifs is 1. The lowest BCUT2D eigenvalue weighted by Gasteiger charge is -2.31. The van der Waals surface area contributed by atoms with Crippen molar-refractivity contribution in [2.24, 2.45) is 5.92 Å². The van der Waals surface area contributed by atoms with Gasteiger partial charge in [-0.2, -0.15) is 4.31 Å². The van der Waals surface area contributed by atoms with Crippen LogP contribution in [0, 0.1) is 11.7 Å². The number of nitrogens with zero attached hydrogens (tertiary/aromatic N) is 3. The maximum absolute atomic E-state index is 13.8. The number of aromatic nitrogens is 1. The van der Waals surface area contributed by atoms with E-state index in [1.54, 1.807) is 17.6 Å². The summed E-state index contributed by atoms with van der Waals surface area (Å²) in [6.07, 6.45) is -3.16. The summed E-state index contributed by atoms with van der Waals surface area (Å²) in [5.74, 6) is -1.26. The normalized spacial score (nSPS) is 16.8. The highest BCUT2D eigenvalue weighted by Gasteiger charge is 2.39. The number of carbonyl (C=O) groups is 2. The van der Waals surface area contributed by atoms with Crippen LogP contribution in [0.1, 0.15) is 19.4 Å². The fraction of sp³-hybridized carbons (Fsp3) is 0.323. The minimum absolute atomic E-state index is 0.0574. The van der Waals surface area contributed by atoms with E-state index in [0.29, 0.717) is 5.52 Å². The Hall–Kier alpha value is -3.91. The number of halogens is 1. The number of ether oxygens (including phenoxy) is 1. The van der Waals surface area contributed by atoms with Crippen LogP contribution in [0.15, 0.2) is 83.2 Å². The second-order valence-electron chi connectivity index (χ2n) is 11.0. The van der Waals surface area contributed by atoms with Crippen LogP contribution in [0.4, 0.5) is 14.9 Å².